The monoisotopic (exact) mass is 432 g/mol. The molecule has 2 aliphatic heterocycles. The van der Waals surface area contributed by atoms with Crippen LogP contribution in [0.3, 0.4) is 0 Å². The second-order valence-electron chi connectivity index (χ2n) is 8.77. The van der Waals surface area contributed by atoms with Crippen LogP contribution in [0.1, 0.15) is 41.1 Å². The third-order valence-corrected chi connectivity index (χ3v) is 7.44. The maximum atomic E-state index is 14.2. The lowest BCUT2D eigenvalue weighted by molar-refractivity contribution is -0.123. The molecule has 2 aliphatic rings. The number of nitrogens with zero attached hydrogens (tertiary/aromatic N) is 2. The van der Waals surface area contributed by atoms with Crippen molar-refractivity contribution < 1.29 is 14.0 Å². The van der Waals surface area contributed by atoms with Gasteiger partial charge in [-0.05, 0) is 44.5 Å². The van der Waals surface area contributed by atoms with E-state index in [0.717, 1.165) is 22.4 Å². The molecule has 0 unspecified atom stereocenters. The molecule has 0 radical (unpaired) electrons. The molecule has 1 fully saturated rings. The summed E-state index contributed by atoms with van der Waals surface area (Å²) in [6.45, 7) is 7.09. The standard InChI is InChI=1S/C25H24N2O3S/c1-17-11-12-20-19(14-17)25(23(29)26(20)15-18-8-5-4-6-9-18)27(16-24(2,3)31-25)22(28)21-10-7-13-30-21/h4-14H,15-16H2,1-3H3/t25-/m1/s1. The summed E-state index contributed by atoms with van der Waals surface area (Å²) in [5.74, 6) is -0.0842. The molecule has 1 saturated heterocycles. The van der Waals surface area contributed by atoms with Crippen molar-refractivity contribution >= 4 is 29.3 Å². The van der Waals surface area contributed by atoms with Crippen molar-refractivity contribution in [3.8, 4) is 0 Å². The molecule has 31 heavy (non-hydrogen) atoms. The minimum absolute atomic E-state index is 0.0764. The highest BCUT2D eigenvalue weighted by molar-refractivity contribution is 8.02. The van der Waals surface area contributed by atoms with Crippen molar-refractivity contribution in [3.05, 3.63) is 89.4 Å². The fourth-order valence-corrected chi connectivity index (χ4v) is 6.30. The Kier molecular flexibility index (Phi) is 4.52. The minimum atomic E-state index is -1.11. The number of anilines is 1. The van der Waals surface area contributed by atoms with Crippen LogP contribution in [-0.4, -0.2) is 28.0 Å². The van der Waals surface area contributed by atoms with E-state index in [2.05, 4.69) is 19.9 Å². The second-order valence-corrected chi connectivity index (χ2v) is 10.7. The Morgan fingerprint density at radius 3 is 2.58 bits per heavy atom. The van der Waals surface area contributed by atoms with E-state index >= 15 is 0 Å². The maximum Gasteiger partial charge on any atom is 0.291 e. The van der Waals surface area contributed by atoms with Gasteiger partial charge in [0.1, 0.15) is 0 Å². The van der Waals surface area contributed by atoms with Gasteiger partial charge in [0.2, 0.25) is 0 Å². The molecule has 5 rings (SSSR count). The highest BCUT2D eigenvalue weighted by Crippen LogP contribution is 2.60. The lowest BCUT2D eigenvalue weighted by Gasteiger charge is -2.32. The Labute approximate surface area is 186 Å². The van der Waals surface area contributed by atoms with Crippen LogP contribution in [0.25, 0.3) is 0 Å². The number of carbonyl (C=O) groups excluding carboxylic acids is 2. The average molecular weight is 433 g/mol. The van der Waals surface area contributed by atoms with Crippen molar-refractivity contribution in [2.45, 2.75) is 36.9 Å². The Morgan fingerprint density at radius 2 is 1.87 bits per heavy atom. The van der Waals surface area contributed by atoms with Crippen LogP contribution in [-0.2, 0) is 16.2 Å². The zero-order valence-corrected chi connectivity index (χ0v) is 18.6. The van der Waals surface area contributed by atoms with Gasteiger partial charge in [-0.25, -0.2) is 0 Å². The third-order valence-electron chi connectivity index (χ3n) is 5.85. The van der Waals surface area contributed by atoms with Crippen LogP contribution in [0.5, 0.6) is 0 Å². The van der Waals surface area contributed by atoms with E-state index in [4.69, 9.17) is 4.42 Å². The van der Waals surface area contributed by atoms with E-state index in [0.29, 0.717) is 13.1 Å². The normalized spacial score (nSPS) is 21.7. The summed E-state index contributed by atoms with van der Waals surface area (Å²) in [6, 6.07) is 19.4. The van der Waals surface area contributed by atoms with Gasteiger partial charge in [0.05, 0.1) is 18.5 Å². The lowest BCUT2D eigenvalue weighted by atomic mass is 10.0. The Hall–Kier alpha value is -2.99. The summed E-state index contributed by atoms with van der Waals surface area (Å²) in [6.07, 6.45) is 1.49. The number of thioether (sulfide) groups is 1. The van der Waals surface area contributed by atoms with Gasteiger partial charge in [0.15, 0.2) is 10.6 Å². The highest BCUT2D eigenvalue weighted by Gasteiger charge is 2.64. The van der Waals surface area contributed by atoms with Gasteiger partial charge in [-0.1, -0.05) is 48.0 Å². The second kappa shape index (κ2) is 7.02. The minimum Gasteiger partial charge on any atom is -0.459 e. The summed E-state index contributed by atoms with van der Waals surface area (Å²) in [4.78, 5) is 30.1. The number of aryl methyl sites for hydroxylation is 1. The first-order valence-corrected chi connectivity index (χ1v) is 11.2. The van der Waals surface area contributed by atoms with Crippen LogP contribution in [0.2, 0.25) is 0 Å². The molecular weight excluding hydrogens is 408 g/mol. The lowest BCUT2D eigenvalue weighted by Crippen LogP contribution is -2.50. The molecule has 0 bridgehead atoms. The summed E-state index contributed by atoms with van der Waals surface area (Å²) < 4.78 is 5.13. The molecule has 0 saturated carbocycles. The Morgan fingerprint density at radius 1 is 1.10 bits per heavy atom. The number of fused-ring (bicyclic) bond motifs is 2. The molecule has 0 N–H and O–H groups in total. The van der Waals surface area contributed by atoms with E-state index in [1.54, 1.807) is 28.8 Å². The number of hydrogen-bond donors (Lipinski definition) is 0. The predicted octanol–water partition coefficient (Wildman–Crippen LogP) is 4.96. The van der Waals surface area contributed by atoms with Crippen molar-refractivity contribution in [1.82, 2.24) is 4.90 Å². The van der Waals surface area contributed by atoms with Crippen molar-refractivity contribution in [3.63, 3.8) is 0 Å². The van der Waals surface area contributed by atoms with Crippen LogP contribution in [0, 0.1) is 6.92 Å². The van der Waals surface area contributed by atoms with Crippen molar-refractivity contribution in [2.75, 3.05) is 11.4 Å². The molecule has 2 amide bonds. The van der Waals surface area contributed by atoms with Gasteiger partial charge in [-0.15, -0.1) is 11.8 Å². The van der Waals surface area contributed by atoms with Gasteiger partial charge >= 0.3 is 0 Å². The summed E-state index contributed by atoms with van der Waals surface area (Å²) >= 11 is 1.56. The van der Waals surface area contributed by atoms with Crippen LogP contribution >= 0.6 is 11.8 Å². The Balaban J connectivity index is 1.67. The van der Waals surface area contributed by atoms with E-state index < -0.39 is 4.87 Å². The molecule has 3 heterocycles. The summed E-state index contributed by atoms with van der Waals surface area (Å²) in [7, 11) is 0. The number of amides is 2. The first-order valence-electron chi connectivity index (χ1n) is 10.3. The predicted molar refractivity (Wildman–Crippen MR) is 122 cm³/mol. The largest absolute Gasteiger partial charge is 0.459 e. The van der Waals surface area contributed by atoms with Gasteiger partial charge in [-0.2, -0.15) is 0 Å². The zero-order chi connectivity index (χ0) is 21.8. The van der Waals surface area contributed by atoms with Gasteiger partial charge in [0.25, 0.3) is 11.8 Å². The molecule has 158 valence electrons. The molecule has 5 nitrogen and oxygen atoms in total. The average Bonchev–Trinajstić information content (AvgIpc) is 3.43. The van der Waals surface area contributed by atoms with E-state index in [1.165, 1.54) is 6.26 Å². The van der Waals surface area contributed by atoms with E-state index in [1.807, 2.05) is 54.3 Å². The van der Waals surface area contributed by atoms with Crippen LogP contribution < -0.4 is 4.90 Å². The van der Waals surface area contributed by atoms with Crippen LogP contribution in [0.4, 0.5) is 5.69 Å². The molecule has 1 spiro atoms. The topological polar surface area (TPSA) is 53.8 Å². The number of furan rings is 1. The fraction of sp³-hybridized carbons (Fsp3) is 0.280. The summed E-state index contributed by atoms with van der Waals surface area (Å²) in [5, 5.41) is 0. The van der Waals surface area contributed by atoms with Gasteiger partial charge in [-0.3, -0.25) is 9.59 Å². The number of carbonyl (C=O) groups is 2. The molecule has 1 atom stereocenters. The quantitative estimate of drug-likeness (QED) is 0.587. The van der Waals surface area contributed by atoms with Gasteiger partial charge in [0, 0.05) is 16.9 Å². The third kappa shape index (κ3) is 3.08. The summed E-state index contributed by atoms with van der Waals surface area (Å²) in [5.41, 5.74) is 3.85. The van der Waals surface area contributed by atoms with Crippen LogP contribution in [0.15, 0.2) is 71.3 Å². The highest BCUT2D eigenvalue weighted by atomic mass is 32.2. The van der Waals surface area contributed by atoms with E-state index in [-0.39, 0.29) is 22.3 Å². The number of rotatable bonds is 3. The molecule has 3 aromatic rings. The maximum absolute atomic E-state index is 14.2. The fourth-order valence-electron chi connectivity index (χ4n) is 4.57. The first kappa shape index (κ1) is 19.9. The number of hydrogen-bond acceptors (Lipinski definition) is 4. The Bertz CT molecular complexity index is 1160. The molecule has 0 aliphatic carbocycles. The SMILES string of the molecule is Cc1ccc2c(c1)[C@@]1(SC(C)(C)CN1C(=O)c1ccco1)C(=O)N2Cc1ccccc1. The molecule has 1 aromatic heterocycles. The van der Waals surface area contributed by atoms with E-state index in [9.17, 15) is 9.59 Å². The molecule has 6 heteroatoms. The van der Waals surface area contributed by atoms with Crippen molar-refractivity contribution in [1.29, 1.82) is 0 Å². The molecular formula is C25H24N2O3S. The smallest absolute Gasteiger partial charge is 0.291 e. The number of benzene rings is 2. The van der Waals surface area contributed by atoms with Crippen molar-refractivity contribution in [2.24, 2.45) is 0 Å². The first-order chi connectivity index (χ1) is 14.8. The molecule has 2 aromatic carbocycles. The zero-order valence-electron chi connectivity index (χ0n) is 17.8. The van der Waals surface area contributed by atoms with Gasteiger partial charge < -0.3 is 14.2 Å².